The highest BCUT2D eigenvalue weighted by molar-refractivity contribution is 6.34. The third-order valence-electron chi connectivity index (χ3n) is 1.10. The van der Waals surface area contributed by atoms with Crippen molar-refractivity contribution in [3.05, 3.63) is 0 Å². The molecule has 0 aliphatic heterocycles. The quantitative estimate of drug-likeness (QED) is 0.439. The molecule has 0 saturated carbocycles. The Hall–Kier alpha value is -0.153. The second-order valence-corrected chi connectivity index (χ2v) is 3.68. The van der Waals surface area contributed by atoms with Crippen LogP contribution in [0.25, 0.3) is 0 Å². The molecular formula is C6H16N2Si. The van der Waals surface area contributed by atoms with Crippen LogP contribution in [-0.4, -0.2) is 28.3 Å². The highest BCUT2D eigenvalue weighted by Crippen LogP contribution is 1.82. The summed E-state index contributed by atoms with van der Waals surface area (Å²) >= 11 is 0. The van der Waals surface area contributed by atoms with E-state index in [1.54, 1.807) is 0 Å². The van der Waals surface area contributed by atoms with E-state index in [0.29, 0.717) is 0 Å². The van der Waals surface area contributed by atoms with Crippen molar-refractivity contribution in [1.29, 1.82) is 0 Å². The Morgan fingerprint density at radius 1 is 1.78 bits per heavy atom. The van der Waals surface area contributed by atoms with Gasteiger partial charge in [0.15, 0.2) is 0 Å². The number of aliphatic imine (C=N–C) groups is 1. The summed E-state index contributed by atoms with van der Waals surface area (Å²) in [4.78, 5) is 4.06. The molecule has 0 saturated heterocycles. The Balaban J connectivity index is 3.25. The normalized spacial score (nSPS) is 15.9. The Morgan fingerprint density at radius 3 is 2.89 bits per heavy atom. The van der Waals surface area contributed by atoms with Crippen LogP contribution in [0.2, 0.25) is 12.6 Å². The lowest BCUT2D eigenvalue weighted by molar-refractivity contribution is 0.970. The molecule has 0 fully saturated rings. The minimum absolute atomic E-state index is 0.122. The summed E-state index contributed by atoms with van der Waals surface area (Å²) < 4.78 is 0. The largest absolute Gasteiger partial charge is 0.323 e. The van der Waals surface area contributed by atoms with Crippen molar-refractivity contribution >= 4 is 15.7 Å². The van der Waals surface area contributed by atoms with Gasteiger partial charge in [-0.15, -0.1) is 0 Å². The number of rotatable bonds is 4. The Bertz CT molecular complexity index is 83.1. The van der Waals surface area contributed by atoms with Crippen LogP contribution in [0.1, 0.15) is 6.92 Å². The predicted molar refractivity (Wildman–Crippen MR) is 46.2 cm³/mol. The summed E-state index contributed by atoms with van der Waals surface area (Å²) in [5.41, 5.74) is 5.66. The standard InChI is InChI=1S/C6H16N2Si/c1-3-8-4-6(7)5-9-2/h4,6H,3,5,7,9H2,1-2H3. The third kappa shape index (κ3) is 5.72. The van der Waals surface area contributed by atoms with Crippen LogP contribution in [0, 0.1) is 0 Å². The van der Waals surface area contributed by atoms with E-state index < -0.39 is 0 Å². The summed E-state index contributed by atoms with van der Waals surface area (Å²) in [7, 11) is 0.122. The maximum absolute atomic E-state index is 5.66. The Kier molecular flexibility index (Phi) is 5.87. The van der Waals surface area contributed by atoms with Gasteiger partial charge in [0.1, 0.15) is 0 Å². The summed E-state index contributed by atoms with van der Waals surface area (Å²) in [5, 5.41) is 0. The van der Waals surface area contributed by atoms with Crippen molar-refractivity contribution in [2.24, 2.45) is 10.7 Å². The predicted octanol–water partition coefficient (Wildman–Crippen LogP) is 0.0396. The Morgan fingerprint density at radius 2 is 2.44 bits per heavy atom. The zero-order chi connectivity index (χ0) is 7.11. The minimum Gasteiger partial charge on any atom is -0.323 e. The van der Waals surface area contributed by atoms with Gasteiger partial charge in [0.2, 0.25) is 0 Å². The van der Waals surface area contributed by atoms with Gasteiger partial charge < -0.3 is 5.73 Å². The fourth-order valence-corrected chi connectivity index (χ4v) is 1.46. The summed E-state index contributed by atoms with van der Waals surface area (Å²) in [6, 6.07) is 1.42. The molecule has 0 aromatic carbocycles. The van der Waals surface area contributed by atoms with Gasteiger partial charge in [-0.2, -0.15) is 0 Å². The van der Waals surface area contributed by atoms with Gasteiger partial charge in [0.25, 0.3) is 0 Å². The molecular weight excluding hydrogens is 128 g/mol. The maximum Gasteiger partial charge on any atom is 0.0365 e. The molecule has 1 unspecified atom stereocenters. The van der Waals surface area contributed by atoms with Gasteiger partial charge in [-0.25, -0.2) is 0 Å². The van der Waals surface area contributed by atoms with Crippen molar-refractivity contribution in [3.63, 3.8) is 0 Å². The SMILES string of the molecule is CCN=CC(N)C[SiH2]C. The number of hydrogen-bond donors (Lipinski definition) is 1. The van der Waals surface area contributed by atoms with Gasteiger partial charge in [-0.1, -0.05) is 6.55 Å². The molecule has 0 aromatic heterocycles. The van der Waals surface area contributed by atoms with Crippen molar-refractivity contribution in [2.45, 2.75) is 25.6 Å². The molecule has 9 heavy (non-hydrogen) atoms. The van der Waals surface area contributed by atoms with Crippen LogP contribution in [-0.2, 0) is 0 Å². The van der Waals surface area contributed by atoms with Crippen LogP contribution in [0.5, 0.6) is 0 Å². The average molecular weight is 144 g/mol. The second-order valence-electron chi connectivity index (χ2n) is 2.10. The first kappa shape index (κ1) is 8.85. The van der Waals surface area contributed by atoms with Crippen molar-refractivity contribution in [3.8, 4) is 0 Å². The first-order valence-electron chi connectivity index (χ1n) is 3.56. The van der Waals surface area contributed by atoms with E-state index in [1.807, 2.05) is 13.1 Å². The van der Waals surface area contributed by atoms with E-state index in [1.165, 1.54) is 6.04 Å². The molecule has 1 atom stereocenters. The van der Waals surface area contributed by atoms with Crippen molar-refractivity contribution in [1.82, 2.24) is 0 Å². The molecule has 0 aromatic rings. The topological polar surface area (TPSA) is 38.4 Å². The Labute approximate surface area is 59.4 Å². The maximum atomic E-state index is 5.66. The molecule has 0 aliphatic carbocycles. The molecule has 2 nitrogen and oxygen atoms in total. The first-order valence-corrected chi connectivity index (χ1v) is 5.98. The zero-order valence-corrected chi connectivity index (χ0v) is 7.71. The molecule has 0 heterocycles. The van der Waals surface area contributed by atoms with E-state index in [4.69, 9.17) is 5.73 Å². The molecule has 3 heteroatoms. The van der Waals surface area contributed by atoms with E-state index in [0.717, 1.165) is 6.54 Å². The molecule has 54 valence electrons. The van der Waals surface area contributed by atoms with Gasteiger partial charge in [0.05, 0.1) is 0 Å². The average Bonchev–Trinajstić information content (AvgIpc) is 1.85. The lowest BCUT2D eigenvalue weighted by Gasteiger charge is -1.99. The monoisotopic (exact) mass is 144 g/mol. The molecule has 0 aliphatic rings. The van der Waals surface area contributed by atoms with Gasteiger partial charge in [-0.05, 0) is 13.0 Å². The van der Waals surface area contributed by atoms with Crippen molar-refractivity contribution in [2.75, 3.05) is 6.54 Å². The smallest absolute Gasteiger partial charge is 0.0365 e. The van der Waals surface area contributed by atoms with E-state index in [2.05, 4.69) is 11.5 Å². The number of nitrogens with two attached hydrogens (primary N) is 1. The third-order valence-corrected chi connectivity index (χ3v) is 2.35. The summed E-state index contributed by atoms with van der Waals surface area (Å²) in [6.07, 6.45) is 1.87. The molecule has 2 N–H and O–H groups in total. The number of hydrogen-bond acceptors (Lipinski definition) is 2. The van der Waals surface area contributed by atoms with Crippen LogP contribution >= 0.6 is 0 Å². The van der Waals surface area contributed by atoms with Crippen LogP contribution in [0.3, 0.4) is 0 Å². The first-order chi connectivity index (χ1) is 4.31. The summed E-state index contributed by atoms with van der Waals surface area (Å²) in [5.74, 6) is 0. The van der Waals surface area contributed by atoms with Gasteiger partial charge >= 0.3 is 0 Å². The molecule has 0 spiro atoms. The molecule has 0 rings (SSSR count). The van der Waals surface area contributed by atoms with Gasteiger partial charge in [0, 0.05) is 28.3 Å². The fraction of sp³-hybridized carbons (Fsp3) is 0.833. The highest BCUT2D eigenvalue weighted by atomic mass is 28.2. The van der Waals surface area contributed by atoms with Crippen molar-refractivity contribution < 1.29 is 0 Å². The minimum atomic E-state index is 0.122. The molecule has 0 radical (unpaired) electrons. The van der Waals surface area contributed by atoms with E-state index in [-0.39, 0.29) is 15.6 Å². The van der Waals surface area contributed by atoms with Gasteiger partial charge in [-0.3, -0.25) is 4.99 Å². The molecule has 0 bridgehead atoms. The zero-order valence-electron chi connectivity index (χ0n) is 6.30. The van der Waals surface area contributed by atoms with Crippen LogP contribution < -0.4 is 5.73 Å². The van der Waals surface area contributed by atoms with E-state index in [9.17, 15) is 0 Å². The lowest BCUT2D eigenvalue weighted by Crippen LogP contribution is -2.22. The lowest BCUT2D eigenvalue weighted by atomic mass is 10.4. The molecule has 0 amide bonds. The number of nitrogens with zero attached hydrogens (tertiary/aromatic N) is 1. The summed E-state index contributed by atoms with van der Waals surface area (Å²) in [6.45, 7) is 5.14. The second kappa shape index (κ2) is 5.97. The van der Waals surface area contributed by atoms with E-state index >= 15 is 0 Å². The van der Waals surface area contributed by atoms with Crippen LogP contribution in [0.4, 0.5) is 0 Å². The fourth-order valence-electron chi connectivity index (χ4n) is 0.649. The van der Waals surface area contributed by atoms with Crippen LogP contribution in [0.15, 0.2) is 4.99 Å². The highest BCUT2D eigenvalue weighted by Gasteiger charge is 1.92.